The van der Waals surface area contributed by atoms with E-state index in [1.807, 2.05) is 0 Å². The standard InChI is InChI=1S/C8H8Br2S/c9-6-2-1-3-7-4-5-8(10)11-7/h1,3-5H,2,6H2/b3-1+. The van der Waals surface area contributed by atoms with E-state index in [0.717, 1.165) is 11.8 Å². The summed E-state index contributed by atoms with van der Waals surface area (Å²) in [4.78, 5) is 1.30. The summed E-state index contributed by atoms with van der Waals surface area (Å²) in [6.07, 6.45) is 5.42. The minimum atomic E-state index is 1.04. The van der Waals surface area contributed by atoms with Crippen LogP contribution >= 0.6 is 43.2 Å². The normalized spacial score (nSPS) is 11.1. The molecule has 0 N–H and O–H groups in total. The second-order valence-electron chi connectivity index (χ2n) is 2.02. The molecule has 0 radical (unpaired) electrons. The van der Waals surface area contributed by atoms with E-state index in [-0.39, 0.29) is 0 Å². The van der Waals surface area contributed by atoms with Crippen molar-refractivity contribution < 1.29 is 0 Å². The summed E-state index contributed by atoms with van der Waals surface area (Å²) in [5.41, 5.74) is 0. The molecule has 3 heteroatoms. The fourth-order valence-corrected chi connectivity index (χ4v) is 2.30. The molecule has 0 unspecified atom stereocenters. The van der Waals surface area contributed by atoms with E-state index in [2.05, 4.69) is 56.1 Å². The lowest BCUT2D eigenvalue weighted by Crippen LogP contribution is -1.64. The van der Waals surface area contributed by atoms with Crippen LogP contribution in [0.4, 0.5) is 0 Å². The number of rotatable bonds is 3. The Morgan fingerprint density at radius 1 is 1.45 bits per heavy atom. The van der Waals surface area contributed by atoms with Crippen molar-refractivity contribution in [2.75, 3.05) is 5.33 Å². The lowest BCUT2D eigenvalue weighted by Gasteiger charge is -1.82. The zero-order chi connectivity index (χ0) is 8.10. The first-order chi connectivity index (χ1) is 5.33. The third-order valence-corrected chi connectivity index (χ3v) is 3.20. The van der Waals surface area contributed by atoms with Gasteiger partial charge in [0.1, 0.15) is 0 Å². The van der Waals surface area contributed by atoms with Gasteiger partial charge in [-0.3, -0.25) is 0 Å². The molecular formula is C8H8Br2S. The van der Waals surface area contributed by atoms with Crippen LogP contribution in [0, 0.1) is 0 Å². The largest absolute Gasteiger partial charge is 0.129 e. The molecule has 1 heterocycles. The number of thiophene rings is 1. The predicted octanol–water partition coefficient (Wildman–Crippen LogP) is 4.31. The van der Waals surface area contributed by atoms with Gasteiger partial charge in [0.25, 0.3) is 0 Å². The molecule has 0 spiro atoms. The summed E-state index contributed by atoms with van der Waals surface area (Å²) in [6, 6.07) is 4.18. The van der Waals surface area contributed by atoms with E-state index < -0.39 is 0 Å². The highest BCUT2D eigenvalue weighted by molar-refractivity contribution is 9.11. The van der Waals surface area contributed by atoms with Crippen LogP contribution in [0.15, 0.2) is 22.0 Å². The van der Waals surface area contributed by atoms with E-state index >= 15 is 0 Å². The summed E-state index contributed by atoms with van der Waals surface area (Å²) < 4.78 is 1.19. The Bertz CT molecular complexity index is 240. The molecule has 0 aliphatic carbocycles. The van der Waals surface area contributed by atoms with Gasteiger partial charge in [0.15, 0.2) is 0 Å². The van der Waals surface area contributed by atoms with Gasteiger partial charge in [0.05, 0.1) is 3.79 Å². The van der Waals surface area contributed by atoms with Gasteiger partial charge in [-0.25, -0.2) is 0 Å². The van der Waals surface area contributed by atoms with Crippen molar-refractivity contribution >= 4 is 49.3 Å². The SMILES string of the molecule is BrCC/C=C/c1ccc(Br)s1. The summed E-state index contributed by atoms with van der Waals surface area (Å²) in [5.74, 6) is 0. The predicted molar refractivity (Wildman–Crippen MR) is 59.5 cm³/mol. The molecule has 0 saturated carbocycles. The summed E-state index contributed by atoms with van der Waals surface area (Å²) in [6.45, 7) is 0. The van der Waals surface area contributed by atoms with Crippen LogP contribution in [0.25, 0.3) is 6.08 Å². The van der Waals surface area contributed by atoms with Crippen molar-refractivity contribution in [3.05, 3.63) is 26.9 Å². The summed E-state index contributed by atoms with van der Waals surface area (Å²) in [5, 5.41) is 1.04. The second-order valence-corrected chi connectivity index (χ2v) is 5.31. The average Bonchev–Trinajstić information content (AvgIpc) is 2.37. The third kappa shape index (κ3) is 3.54. The van der Waals surface area contributed by atoms with Gasteiger partial charge in [-0.2, -0.15) is 0 Å². The Morgan fingerprint density at radius 2 is 2.27 bits per heavy atom. The average molecular weight is 296 g/mol. The molecule has 1 aromatic rings. The minimum Gasteiger partial charge on any atom is -0.129 e. The minimum absolute atomic E-state index is 1.04. The van der Waals surface area contributed by atoms with Gasteiger partial charge in [-0.05, 0) is 40.6 Å². The molecule has 1 aromatic heterocycles. The Kier molecular flexibility index (Phi) is 4.41. The van der Waals surface area contributed by atoms with Gasteiger partial charge >= 0.3 is 0 Å². The van der Waals surface area contributed by atoms with E-state index in [0.29, 0.717) is 0 Å². The fraction of sp³-hybridized carbons (Fsp3) is 0.250. The molecule has 0 fully saturated rings. The smallest absolute Gasteiger partial charge is 0.0704 e. The van der Waals surface area contributed by atoms with Crippen LogP contribution in [0.1, 0.15) is 11.3 Å². The van der Waals surface area contributed by atoms with Crippen LogP contribution in [0.3, 0.4) is 0 Å². The highest BCUT2D eigenvalue weighted by Gasteiger charge is 1.90. The van der Waals surface area contributed by atoms with E-state index in [9.17, 15) is 0 Å². The first kappa shape index (κ1) is 9.49. The van der Waals surface area contributed by atoms with Crippen molar-refractivity contribution in [2.24, 2.45) is 0 Å². The number of alkyl halides is 1. The van der Waals surface area contributed by atoms with Crippen molar-refractivity contribution in [3.63, 3.8) is 0 Å². The summed E-state index contributed by atoms with van der Waals surface area (Å²) in [7, 11) is 0. The highest BCUT2D eigenvalue weighted by Crippen LogP contribution is 2.23. The van der Waals surface area contributed by atoms with Crippen LogP contribution in [0.5, 0.6) is 0 Å². The van der Waals surface area contributed by atoms with Crippen molar-refractivity contribution in [3.8, 4) is 0 Å². The van der Waals surface area contributed by atoms with Crippen molar-refractivity contribution in [2.45, 2.75) is 6.42 Å². The Hall–Kier alpha value is 0.400. The summed E-state index contributed by atoms with van der Waals surface area (Å²) >= 11 is 8.54. The molecule has 60 valence electrons. The molecule has 0 nitrogen and oxygen atoms in total. The van der Waals surface area contributed by atoms with Crippen LogP contribution in [0.2, 0.25) is 0 Å². The molecule has 1 rings (SSSR count). The third-order valence-electron chi connectivity index (χ3n) is 1.15. The Balaban J connectivity index is 2.50. The molecule has 0 aliphatic heterocycles. The van der Waals surface area contributed by atoms with Gasteiger partial charge < -0.3 is 0 Å². The molecule has 0 saturated heterocycles. The molecule has 0 aromatic carbocycles. The lowest BCUT2D eigenvalue weighted by molar-refractivity contribution is 1.27. The van der Waals surface area contributed by atoms with Gasteiger partial charge in [0, 0.05) is 10.2 Å². The fourth-order valence-electron chi connectivity index (χ4n) is 0.680. The van der Waals surface area contributed by atoms with E-state index in [4.69, 9.17) is 0 Å². The topological polar surface area (TPSA) is 0 Å². The molecule has 0 amide bonds. The molecule has 0 aliphatic rings. The quantitative estimate of drug-likeness (QED) is 0.729. The molecule has 0 bridgehead atoms. The van der Waals surface area contributed by atoms with Gasteiger partial charge in [-0.1, -0.05) is 22.0 Å². The van der Waals surface area contributed by atoms with Crippen LogP contribution < -0.4 is 0 Å². The number of allylic oxidation sites excluding steroid dienone is 1. The number of hydrogen-bond acceptors (Lipinski definition) is 1. The first-order valence-corrected chi connectivity index (χ1v) is 6.04. The maximum absolute atomic E-state index is 3.42. The molecule has 0 atom stereocenters. The zero-order valence-electron chi connectivity index (χ0n) is 5.89. The molecular weight excluding hydrogens is 288 g/mol. The number of hydrogen-bond donors (Lipinski definition) is 0. The van der Waals surface area contributed by atoms with Crippen LogP contribution in [-0.2, 0) is 0 Å². The lowest BCUT2D eigenvalue weighted by atomic mass is 10.4. The van der Waals surface area contributed by atoms with Crippen LogP contribution in [-0.4, -0.2) is 5.33 Å². The van der Waals surface area contributed by atoms with Gasteiger partial charge in [-0.15, -0.1) is 11.3 Å². The second kappa shape index (κ2) is 5.12. The first-order valence-electron chi connectivity index (χ1n) is 3.31. The zero-order valence-corrected chi connectivity index (χ0v) is 9.88. The maximum Gasteiger partial charge on any atom is 0.0704 e. The van der Waals surface area contributed by atoms with E-state index in [1.54, 1.807) is 11.3 Å². The van der Waals surface area contributed by atoms with Crippen molar-refractivity contribution in [1.29, 1.82) is 0 Å². The Morgan fingerprint density at radius 3 is 2.82 bits per heavy atom. The number of halogens is 2. The van der Waals surface area contributed by atoms with Crippen molar-refractivity contribution in [1.82, 2.24) is 0 Å². The monoisotopic (exact) mass is 294 g/mol. The maximum atomic E-state index is 3.42. The molecule has 11 heavy (non-hydrogen) atoms. The Labute approximate surface area is 87.6 Å². The van der Waals surface area contributed by atoms with Gasteiger partial charge in [0.2, 0.25) is 0 Å². The van der Waals surface area contributed by atoms with E-state index in [1.165, 1.54) is 8.66 Å². The highest BCUT2D eigenvalue weighted by atomic mass is 79.9.